The fourth-order valence-electron chi connectivity index (χ4n) is 5.86. The van der Waals surface area contributed by atoms with E-state index in [1.807, 2.05) is 5.32 Å². The molecule has 4 fully saturated rings. The van der Waals surface area contributed by atoms with E-state index in [0.717, 1.165) is 25.3 Å². The molecule has 4 bridgehead atoms. The number of nitrogens with one attached hydrogen (secondary N) is 2. The van der Waals surface area contributed by atoms with Crippen LogP contribution in [0.2, 0.25) is 0 Å². The molecule has 4 saturated carbocycles. The largest absolute Gasteiger partial charge is 0.452 e. The van der Waals surface area contributed by atoms with Crippen molar-refractivity contribution in [2.24, 2.45) is 17.3 Å². The lowest BCUT2D eigenvalue weighted by Gasteiger charge is -2.58. The second-order valence-electron chi connectivity index (χ2n) is 9.43. The van der Waals surface area contributed by atoms with Crippen molar-refractivity contribution in [3.05, 3.63) is 29.6 Å². The number of rotatable bonds is 6. The van der Waals surface area contributed by atoms with Gasteiger partial charge in [0.15, 0.2) is 23.6 Å². The Morgan fingerprint density at radius 1 is 1.12 bits per heavy atom. The summed E-state index contributed by atoms with van der Waals surface area (Å²) in [6.07, 6.45) is 3.72. The van der Waals surface area contributed by atoms with Crippen LogP contribution in [-0.2, 0) is 19.1 Å². The Morgan fingerprint density at radius 3 is 2.41 bits per heavy atom. The lowest BCUT2D eigenvalue weighted by atomic mass is 9.49. The van der Waals surface area contributed by atoms with Crippen molar-refractivity contribution in [2.45, 2.75) is 56.4 Å². The summed E-state index contributed by atoms with van der Waals surface area (Å²) in [5.74, 6) is -5.85. The van der Waals surface area contributed by atoms with Crippen LogP contribution in [0.1, 0.15) is 45.4 Å². The van der Waals surface area contributed by atoms with Gasteiger partial charge in [-0.3, -0.25) is 14.4 Å². The highest BCUT2D eigenvalue weighted by Gasteiger charge is 2.61. The first-order chi connectivity index (χ1) is 15.0. The number of ether oxygens (including phenoxy) is 1. The van der Waals surface area contributed by atoms with Crippen molar-refractivity contribution in [3.63, 3.8) is 0 Å². The fourth-order valence-corrected chi connectivity index (χ4v) is 6.55. The zero-order chi connectivity index (χ0) is 23.3. The number of anilines is 1. The molecule has 4 aliphatic carbocycles. The molecule has 3 atom stereocenters. The number of hydrogen-bond acceptors (Lipinski definition) is 4. The molecule has 0 unspecified atom stereocenters. The number of alkyl halides is 1. The molecule has 5 rings (SSSR count). The minimum absolute atomic E-state index is 0.373. The van der Waals surface area contributed by atoms with Gasteiger partial charge in [-0.2, -0.15) is 0 Å². The van der Waals surface area contributed by atoms with E-state index in [0.29, 0.717) is 37.2 Å². The molecule has 10 heteroatoms. The number of carbonyl (C=O) groups is 3. The number of halogens is 4. The summed E-state index contributed by atoms with van der Waals surface area (Å²) in [5.41, 5.74) is -1.22. The van der Waals surface area contributed by atoms with Gasteiger partial charge in [0.25, 0.3) is 5.91 Å². The summed E-state index contributed by atoms with van der Waals surface area (Å²) in [6.45, 7) is 0.830. The number of esters is 1. The second kappa shape index (κ2) is 8.24. The van der Waals surface area contributed by atoms with E-state index in [2.05, 4.69) is 5.32 Å². The van der Waals surface area contributed by atoms with Crippen molar-refractivity contribution in [3.8, 4) is 0 Å². The van der Waals surface area contributed by atoms with Gasteiger partial charge in [-0.05, 0) is 69.4 Å². The van der Waals surface area contributed by atoms with Crippen molar-refractivity contribution < 1.29 is 32.3 Å². The fraction of sp³-hybridized carbons (Fsp3) is 0.591. The van der Waals surface area contributed by atoms with Gasteiger partial charge in [-0.15, -0.1) is 11.6 Å². The van der Waals surface area contributed by atoms with Gasteiger partial charge in [-0.1, -0.05) is 0 Å². The molecule has 174 valence electrons. The summed E-state index contributed by atoms with van der Waals surface area (Å²) in [7, 11) is 0. The minimum atomic E-state index is -1.71. The molecule has 0 aliphatic heterocycles. The lowest BCUT2D eigenvalue weighted by Crippen LogP contribution is -2.57. The molecule has 0 aromatic heterocycles. The maximum atomic E-state index is 13.6. The molecule has 0 radical (unpaired) electrons. The van der Waals surface area contributed by atoms with Gasteiger partial charge in [0.05, 0.1) is 17.6 Å². The van der Waals surface area contributed by atoms with Gasteiger partial charge < -0.3 is 15.4 Å². The standard InChI is InChI=1S/C22H24ClF3N2O4/c1-11(19(30)27-9-16(29)28-15-3-2-14(24)17(25)18(15)26)32-20(31)21-5-12-4-13(6-21)8-22(23,7-12)10-21/h2-3,11-13H,4-10H2,1H3,(H,27,30)(H,28,29)/t11-,12+,13+,21?,22?/m0/s1. The SMILES string of the molecule is C[C@H](OC(=O)C12C[C@H]3C[C@@H](CC(Cl)(C3)C1)C2)C(=O)NCC(=O)Nc1ccc(F)c(F)c1F. The van der Waals surface area contributed by atoms with Gasteiger partial charge in [-0.25, -0.2) is 13.2 Å². The van der Waals surface area contributed by atoms with Crippen LogP contribution in [0.4, 0.5) is 18.9 Å². The van der Waals surface area contributed by atoms with Crippen LogP contribution in [0.25, 0.3) is 0 Å². The number of carbonyl (C=O) groups excluding carboxylic acids is 3. The Balaban J connectivity index is 1.29. The minimum Gasteiger partial charge on any atom is -0.452 e. The van der Waals surface area contributed by atoms with E-state index in [1.54, 1.807) is 0 Å². The van der Waals surface area contributed by atoms with Crippen molar-refractivity contribution >= 4 is 35.1 Å². The van der Waals surface area contributed by atoms with Crippen molar-refractivity contribution in [1.29, 1.82) is 0 Å². The average molecular weight is 473 g/mol. The quantitative estimate of drug-likeness (QED) is 0.376. The lowest BCUT2D eigenvalue weighted by molar-refractivity contribution is -0.177. The van der Waals surface area contributed by atoms with Crippen LogP contribution in [0.3, 0.4) is 0 Å². The smallest absolute Gasteiger partial charge is 0.312 e. The Hall–Kier alpha value is -2.29. The molecule has 1 aromatic carbocycles. The molecule has 0 spiro atoms. The maximum absolute atomic E-state index is 13.6. The summed E-state index contributed by atoms with van der Waals surface area (Å²) >= 11 is 6.74. The van der Waals surface area contributed by atoms with E-state index in [4.69, 9.17) is 16.3 Å². The Labute approximate surface area is 188 Å². The molecule has 2 N–H and O–H groups in total. The topological polar surface area (TPSA) is 84.5 Å². The highest BCUT2D eigenvalue weighted by molar-refractivity contribution is 6.24. The zero-order valence-corrected chi connectivity index (χ0v) is 18.2. The monoisotopic (exact) mass is 472 g/mol. The van der Waals surface area contributed by atoms with Crippen LogP contribution in [-0.4, -0.2) is 35.3 Å². The molecule has 4 aliphatic rings. The maximum Gasteiger partial charge on any atom is 0.312 e. The Morgan fingerprint density at radius 2 is 1.78 bits per heavy atom. The summed E-state index contributed by atoms with van der Waals surface area (Å²) in [5, 5.41) is 4.34. The van der Waals surface area contributed by atoms with Crippen molar-refractivity contribution in [2.75, 3.05) is 11.9 Å². The van der Waals surface area contributed by atoms with E-state index >= 15 is 0 Å². The van der Waals surface area contributed by atoms with E-state index < -0.39 is 59.0 Å². The molecule has 2 amide bonds. The van der Waals surface area contributed by atoms with E-state index in [-0.39, 0.29) is 4.87 Å². The summed E-state index contributed by atoms with van der Waals surface area (Å²) in [6, 6.07) is 1.54. The van der Waals surface area contributed by atoms with Crippen LogP contribution in [0, 0.1) is 34.7 Å². The molecular formula is C22H24ClF3N2O4. The van der Waals surface area contributed by atoms with Crippen LogP contribution in [0.15, 0.2) is 12.1 Å². The summed E-state index contributed by atoms with van der Waals surface area (Å²) < 4.78 is 45.3. The summed E-state index contributed by atoms with van der Waals surface area (Å²) in [4.78, 5) is 36.9. The third kappa shape index (κ3) is 4.31. The molecule has 0 heterocycles. The highest BCUT2D eigenvalue weighted by atomic mass is 35.5. The molecule has 0 saturated heterocycles. The van der Waals surface area contributed by atoms with Gasteiger partial charge >= 0.3 is 5.97 Å². The number of benzene rings is 1. The normalized spacial score (nSPS) is 31.2. The van der Waals surface area contributed by atoms with Crippen LogP contribution in [0.5, 0.6) is 0 Å². The first kappa shape index (κ1) is 22.9. The predicted octanol–water partition coefficient (Wildman–Crippen LogP) is 3.67. The Bertz CT molecular complexity index is 959. The van der Waals surface area contributed by atoms with Crippen LogP contribution < -0.4 is 10.6 Å². The third-order valence-electron chi connectivity index (χ3n) is 6.81. The van der Waals surface area contributed by atoms with E-state index in [9.17, 15) is 27.6 Å². The average Bonchev–Trinajstić information content (AvgIpc) is 2.70. The van der Waals surface area contributed by atoms with Gasteiger partial charge in [0.1, 0.15) is 0 Å². The molecule has 6 nitrogen and oxygen atoms in total. The molecule has 32 heavy (non-hydrogen) atoms. The highest BCUT2D eigenvalue weighted by Crippen LogP contribution is 2.64. The third-order valence-corrected chi connectivity index (χ3v) is 7.25. The predicted molar refractivity (Wildman–Crippen MR) is 109 cm³/mol. The first-order valence-electron chi connectivity index (χ1n) is 10.6. The second-order valence-corrected chi connectivity index (χ2v) is 10.2. The van der Waals surface area contributed by atoms with Crippen LogP contribution >= 0.6 is 11.6 Å². The molecule has 1 aromatic rings. The number of amides is 2. The van der Waals surface area contributed by atoms with E-state index in [1.165, 1.54) is 6.92 Å². The number of hydrogen-bond donors (Lipinski definition) is 2. The van der Waals surface area contributed by atoms with Gasteiger partial charge in [0, 0.05) is 4.87 Å². The van der Waals surface area contributed by atoms with Gasteiger partial charge in [0.2, 0.25) is 5.91 Å². The zero-order valence-electron chi connectivity index (χ0n) is 17.5. The Kier molecular flexibility index (Phi) is 5.90. The molecular weight excluding hydrogens is 449 g/mol. The first-order valence-corrected chi connectivity index (χ1v) is 11.0. The van der Waals surface area contributed by atoms with Crippen molar-refractivity contribution in [1.82, 2.24) is 5.32 Å².